The Morgan fingerprint density at radius 3 is 1.91 bits per heavy atom. The molecular formula is C69H106N10O15S. The van der Waals surface area contributed by atoms with Crippen LogP contribution in [-0.2, 0) is 68.8 Å². The van der Waals surface area contributed by atoms with E-state index in [9.17, 15) is 57.8 Å². The van der Waals surface area contributed by atoms with Crippen LogP contribution in [0.2, 0.25) is 0 Å². The molecule has 95 heavy (non-hydrogen) atoms. The number of nitrogens with one attached hydrogen (secondary N) is 6. The maximum Gasteiger partial charge on any atom is 0.410 e. The maximum absolute atomic E-state index is 14.8. The zero-order valence-electron chi connectivity index (χ0n) is 58.4. The number of benzene rings is 2. The molecule has 0 aromatic heterocycles. The lowest BCUT2D eigenvalue weighted by Gasteiger charge is -2.41. The number of likely N-dealkylation sites (N-methyl/N-ethyl adjacent to an activating group) is 2. The summed E-state index contributed by atoms with van der Waals surface area (Å²) < 4.78 is 17.8. The van der Waals surface area contributed by atoms with Crippen LogP contribution in [0, 0.1) is 29.6 Å². The molecule has 0 spiro atoms. The first-order chi connectivity index (χ1) is 44.9. The van der Waals surface area contributed by atoms with Crippen LogP contribution in [0.1, 0.15) is 145 Å². The fourth-order valence-corrected chi connectivity index (χ4v) is 12.4. The summed E-state index contributed by atoms with van der Waals surface area (Å²) in [6.45, 7) is 20.0. The van der Waals surface area contributed by atoms with Crippen LogP contribution in [0.4, 0.5) is 10.5 Å². The van der Waals surface area contributed by atoms with Gasteiger partial charge in [-0.15, -0.1) is 0 Å². The van der Waals surface area contributed by atoms with Crippen molar-refractivity contribution in [3.05, 3.63) is 77.9 Å². The number of amides is 11. The third-order valence-electron chi connectivity index (χ3n) is 17.8. The summed E-state index contributed by atoms with van der Waals surface area (Å²) in [5, 5.41) is 27.7. The molecule has 2 aliphatic heterocycles. The molecule has 0 unspecified atom stereocenters. The molecule has 0 radical (unpaired) electrons. The van der Waals surface area contributed by atoms with Crippen LogP contribution < -0.4 is 31.9 Å². The van der Waals surface area contributed by atoms with Crippen LogP contribution in [0.25, 0.3) is 0 Å². The highest BCUT2D eigenvalue weighted by molar-refractivity contribution is 7.98. The van der Waals surface area contributed by atoms with Gasteiger partial charge in [0.25, 0.3) is 11.8 Å². The molecule has 0 bridgehead atoms. The summed E-state index contributed by atoms with van der Waals surface area (Å²) in [7, 11) is 6.10. The van der Waals surface area contributed by atoms with Gasteiger partial charge in [0.05, 0.1) is 48.8 Å². The van der Waals surface area contributed by atoms with E-state index in [0.717, 1.165) is 17.1 Å². The number of anilines is 1. The third kappa shape index (κ3) is 23.4. The van der Waals surface area contributed by atoms with Crippen LogP contribution in [0.5, 0.6) is 0 Å². The number of ether oxygens (including phenoxy) is 3. The molecule has 25 nitrogen and oxygen atoms in total. The average Bonchev–Trinajstić information content (AvgIpc) is 1.78. The predicted octanol–water partition coefficient (Wildman–Crippen LogP) is 5.50. The highest BCUT2D eigenvalue weighted by Gasteiger charge is 2.44. The zero-order valence-corrected chi connectivity index (χ0v) is 59.3. The quantitative estimate of drug-likeness (QED) is 0.0409. The van der Waals surface area contributed by atoms with Gasteiger partial charge in [-0.05, 0) is 105 Å². The smallest absolute Gasteiger partial charge is 0.410 e. The van der Waals surface area contributed by atoms with Crippen molar-refractivity contribution in [1.29, 1.82) is 0 Å². The SMILES string of the molecule is CC[C@H](C)[C@@H]([C@@H](CC(=O)N1CCC[C@H]1[C@H](OC)[C@@H](C)C(=O)N[C@H](C)[C@@H](O)c1ccccc1)OC)N(C)C(=O)[C@@H](NC(=O)[C@H](C(C)C)N(C)C(=O)OCc1ccc(NC(=O)[C@H](CCSC)NC(=O)[C@H](C)NC(=O)[C@@H](CCC(C)C)NC(=O)CCN2C(=O)C=CC2=O)cc1)C(C)C. The molecule has 0 saturated carbocycles. The average molecular weight is 1350 g/mol. The first kappa shape index (κ1) is 80.0. The molecule has 2 aromatic carbocycles. The Morgan fingerprint density at radius 2 is 1.34 bits per heavy atom. The number of nitrogens with zero attached hydrogens (tertiary/aromatic N) is 4. The minimum Gasteiger partial charge on any atom is -0.445 e. The first-order valence-electron chi connectivity index (χ1n) is 33.1. The van der Waals surface area contributed by atoms with Gasteiger partial charge in [0.2, 0.25) is 47.3 Å². The van der Waals surface area contributed by atoms with Crippen molar-refractivity contribution in [2.75, 3.05) is 58.7 Å². The molecule has 2 aromatic rings. The fraction of sp³-hybridized carbons (Fsp3) is 0.638. The number of carbonyl (C=O) groups excluding carboxylic acids is 11. The Balaban J connectivity index is 1.36. The summed E-state index contributed by atoms with van der Waals surface area (Å²) in [6, 6.07) is 8.59. The maximum atomic E-state index is 14.8. The van der Waals surface area contributed by atoms with Gasteiger partial charge in [0.1, 0.15) is 36.8 Å². The Labute approximate surface area is 565 Å². The first-order valence-corrected chi connectivity index (χ1v) is 34.5. The van der Waals surface area contributed by atoms with E-state index in [1.807, 2.05) is 52.1 Å². The van der Waals surface area contributed by atoms with E-state index in [-0.39, 0.29) is 62.5 Å². The number of likely N-dealkylation sites (tertiary alicyclic amines) is 1. The van der Waals surface area contributed by atoms with Gasteiger partial charge in [-0.3, -0.25) is 57.7 Å². The molecule has 528 valence electrons. The minimum atomic E-state index is -1.12. The lowest BCUT2D eigenvalue weighted by molar-refractivity contribution is -0.148. The molecule has 13 atom stereocenters. The standard InChI is InChI=1S/C69H106N10O15S/c1-17-43(8)60(53(92-14)38-57(83)78-35-21-24-52(78)62(93-15)44(9)63(85)70-45(10)61(84)48-22-19-18-20-23-48)76(12)68(90)58(41(4)5)75-67(89)59(42(6)7)77(13)69(91)94-39-47-26-28-49(29-27-47)72-66(88)51(34-37-95-16)74-64(86)46(11)71-65(87)50(30-25-40(2)3)73-54(80)33-36-79-55(81)31-32-56(79)82/h18-20,22-23,26-29,31-32,40-46,50-53,58-62,84H,17,21,24-25,30,33-39H2,1-16H3,(H,70,85)(H,71,87)(H,72,88)(H,73,80)(H,74,86)(H,75,89)/t43-,44+,45+,46-,50+,51-,52-,53+,58-,59-,60-,61+,62+/m0/s1. The van der Waals surface area contributed by atoms with Crippen LogP contribution in [0.3, 0.4) is 0 Å². The van der Waals surface area contributed by atoms with Gasteiger partial charge in [-0.1, -0.05) is 111 Å². The number of carbonyl (C=O) groups is 11. The summed E-state index contributed by atoms with van der Waals surface area (Å²) in [5.41, 5.74) is 1.59. The molecule has 2 heterocycles. The number of imide groups is 1. The molecule has 26 heteroatoms. The summed E-state index contributed by atoms with van der Waals surface area (Å²) in [5.74, 6) is -5.99. The van der Waals surface area contributed by atoms with Crippen molar-refractivity contribution in [2.45, 2.75) is 201 Å². The normalized spacial score (nSPS) is 17.7. The molecule has 11 amide bonds. The lowest BCUT2D eigenvalue weighted by atomic mass is 9.89. The number of rotatable bonds is 38. The second-order valence-corrected chi connectivity index (χ2v) is 27.1. The number of hydrogen-bond acceptors (Lipinski definition) is 16. The van der Waals surface area contributed by atoms with E-state index in [4.69, 9.17) is 14.2 Å². The highest BCUT2D eigenvalue weighted by Crippen LogP contribution is 2.31. The van der Waals surface area contributed by atoms with Crippen LogP contribution in [-0.4, -0.2) is 204 Å². The summed E-state index contributed by atoms with van der Waals surface area (Å²) >= 11 is 1.47. The van der Waals surface area contributed by atoms with Gasteiger partial charge in [-0.2, -0.15) is 11.8 Å². The molecule has 4 rings (SSSR count). The van der Waals surface area contributed by atoms with Gasteiger partial charge in [-0.25, -0.2) is 4.79 Å². The third-order valence-corrected chi connectivity index (χ3v) is 18.4. The van der Waals surface area contributed by atoms with E-state index >= 15 is 0 Å². The van der Waals surface area contributed by atoms with Crippen molar-refractivity contribution in [2.24, 2.45) is 29.6 Å². The summed E-state index contributed by atoms with van der Waals surface area (Å²) in [4.78, 5) is 154. The van der Waals surface area contributed by atoms with E-state index in [0.29, 0.717) is 54.8 Å². The Kier molecular flexibility index (Phi) is 32.8. The zero-order chi connectivity index (χ0) is 71.0. The van der Waals surface area contributed by atoms with Gasteiger partial charge >= 0.3 is 6.09 Å². The van der Waals surface area contributed by atoms with Crippen molar-refractivity contribution < 1.29 is 72.1 Å². The van der Waals surface area contributed by atoms with Crippen molar-refractivity contribution >= 4 is 82.6 Å². The topological polar surface area (TPSA) is 321 Å². The monoisotopic (exact) mass is 1350 g/mol. The molecule has 0 aliphatic carbocycles. The number of aliphatic hydroxyl groups excluding tert-OH is 1. The van der Waals surface area contributed by atoms with Crippen LogP contribution in [0.15, 0.2) is 66.7 Å². The Morgan fingerprint density at radius 1 is 0.705 bits per heavy atom. The number of methoxy groups -OCH3 is 2. The number of hydrogen-bond donors (Lipinski definition) is 7. The molecule has 7 N–H and O–H groups in total. The summed E-state index contributed by atoms with van der Waals surface area (Å²) in [6.07, 6.45) is 3.55. The van der Waals surface area contributed by atoms with Gasteiger partial charge in [0, 0.05) is 65.7 Å². The van der Waals surface area contributed by atoms with E-state index in [1.54, 1.807) is 94.8 Å². The number of aliphatic hydroxyl groups is 1. The van der Waals surface area contributed by atoms with E-state index in [1.165, 1.54) is 44.9 Å². The van der Waals surface area contributed by atoms with E-state index < -0.39 is 138 Å². The fourth-order valence-electron chi connectivity index (χ4n) is 11.9. The Bertz CT molecular complexity index is 2920. The highest BCUT2D eigenvalue weighted by atomic mass is 32.2. The second-order valence-electron chi connectivity index (χ2n) is 26.1. The molecule has 2 aliphatic rings. The van der Waals surface area contributed by atoms with Crippen molar-refractivity contribution in [3.63, 3.8) is 0 Å². The minimum absolute atomic E-state index is 0.0884. The lowest BCUT2D eigenvalue weighted by Crippen LogP contribution is -2.60. The van der Waals surface area contributed by atoms with Crippen molar-refractivity contribution in [3.8, 4) is 0 Å². The van der Waals surface area contributed by atoms with Crippen LogP contribution >= 0.6 is 11.8 Å². The molecule has 1 saturated heterocycles. The van der Waals surface area contributed by atoms with Crippen molar-refractivity contribution in [1.82, 2.24) is 46.2 Å². The van der Waals surface area contributed by atoms with E-state index in [2.05, 4.69) is 31.9 Å². The molecular weight excluding hydrogens is 1240 g/mol. The predicted molar refractivity (Wildman–Crippen MR) is 363 cm³/mol. The second kappa shape index (κ2) is 39.0. The Hall–Kier alpha value is -7.42. The number of thioether (sulfide) groups is 1. The van der Waals surface area contributed by atoms with Gasteiger partial charge < -0.3 is 61.0 Å². The largest absolute Gasteiger partial charge is 0.445 e. The van der Waals surface area contributed by atoms with Gasteiger partial charge in [0.15, 0.2) is 0 Å². The molecule has 1 fully saturated rings.